The molecule has 5 rings (SSSR count). The standard InChI is InChI=1S/C29H48N2O5S/c1-19-18-30(29(33)28-16-15-27(36-28)22-7-5-4-6-8-22)26-17-23(11-14-25(26)31(19)20(2)32)21-9-12-24(13-10-21)37(3,34)35/h19,21-28H,4-18H2,1-3H3/t19-,21?,23?,24?,25?,26?,27?,28?/m0/s1. The van der Waals surface area contributed by atoms with E-state index in [1.54, 1.807) is 6.92 Å². The van der Waals surface area contributed by atoms with Crippen molar-refractivity contribution in [2.45, 2.75) is 139 Å². The van der Waals surface area contributed by atoms with Crippen molar-refractivity contribution in [1.29, 1.82) is 0 Å². The number of carbonyl (C=O) groups is 2. The van der Waals surface area contributed by atoms with Gasteiger partial charge in [-0.2, -0.15) is 0 Å². The van der Waals surface area contributed by atoms with Crippen LogP contribution in [-0.4, -0.2) is 78.4 Å². The molecule has 2 amide bonds. The first kappa shape index (κ1) is 27.4. The van der Waals surface area contributed by atoms with Crippen molar-refractivity contribution in [2.75, 3.05) is 12.8 Å². The average molecular weight is 537 g/mol. The van der Waals surface area contributed by atoms with E-state index in [2.05, 4.69) is 11.8 Å². The van der Waals surface area contributed by atoms with Gasteiger partial charge in [0.25, 0.3) is 5.91 Å². The Balaban J connectivity index is 1.28. The summed E-state index contributed by atoms with van der Waals surface area (Å²) in [5.41, 5.74) is 0. The van der Waals surface area contributed by atoms with E-state index >= 15 is 0 Å². The van der Waals surface area contributed by atoms with Gasteiger partial charge in [0.2, 0.25) is 5.91 Å². The predicted octanol–water partition coefficient (Wildman–Crippen LogP) is 4.33. The topological polar surface area (TPSA) is 84.0 Å². The van der Waals surface area contributed by atoms with Crippen LogP contribution in [0.15, 0.2) is 0 Å². The molecule has 0 aromatic rings. The number of piperazine rings is 1. The maximum atomic E-state index is 14.0. The maximum Gasteiger partial charge on any atom is 0.252 e. The number of fused-ring (bicyclic) bond motifs is 1. The monoisotopic (exact) mass is 536 g/mol. The molecular formula is C29H48N2O5S. The Bertz CT molecular complexity index is 940. The highest BCUT2D eigenvalue weighted by Gasteiger charge is 2.49. The van der Waals surface area contributed by atoms with Crippen LogP contribution in [0.2, 0.25) is 0 Å². The molecule has 5 unspecified atom stereocenters. The van der Waals surface area contributed by atoms with Crippen LogP contribution in [0.3, 0.4) is 0 Å². The van der Waals surface area contributed by atoms with Crippen molar-refractivity contribution >= 4 is 21.7 Å². The summed E-state index contributed by atoms with van der Waals surface area (Å²) in [6.07, 6.45) is 15.7. The summed E-state index contributed by atoms with van der Waals surface area (Å²) in [5.74, 6) is 1.85. The fourth-order valence-electron chi connectivity index (χ4n) is 8.75. The quantitative estimate of drug-likeness (QED) is 0.534. The van der Waals surface area contributed by atoms with Gasteiger partial charge >= 0.3 is 0 Å². The molecule has 0 aromatic carbocycles. The molecule has 37 heavy (non-hydrogen) atoms. The molecule has 0 bridgehead atoms. The second-order valence-corrected chi connectivity index (χ2v) is 15.3. The molecule has 3 saturated carbocycles. The van der Waals surface area contributed by atoms with E-state index in [4.69, 9.17) is 4.74 Å². The molecule has 0 aromatic heterocycles. The summed E-state index contributed by atoms with van der Waals surface area (Å²) >= 11 is 0. The highest BCUT2D eigenvalue weighted by Crippen LogP contribution is 2.44. The van der Waals surface area contributed by atoms with Crippen molar-refractivity contribution < 1.29 is 22.7 Å². The molecule has 7 nitrogen and oxygen atoms in total. The van der Waals surface area contributed by atoms with Crippen LogP contribution in [0.5, 0.6) is 0 Å². The summed E-state index contributed by atoms with van der Waals surface area (Å²) in [5, 5.41) is -0.196. The summed E-state index contributed by atoms with van der Waals surface area (Å²) in [7, 11) is -2.98. The number of rotatable bonds is 4. The predicted molar refractivity (Wildman–Crippen MR) is 144 cm³/mol. The Morgan fingerprint density at radius 1 is 0.784 bits per heavy atom. The van der Waals surface area contributed by atoms with Crippen LogP contribution >= 0.6 is 0 Å². The van der Waals surface area contributed by atoms with E-state index in [1.165, 1.54) is 38.4 Å². The summed E-state index contributed by atoms with van der Waals surface area (Å²) in [4.78, 5) is 30.8. The van der Waals surface area contributed by atoms with Crippen molar-refractivity contribution in [3.8, 4) is 0 Å². The number of carbonyl (C=O) groups excluding carboxylic acids is 2. The third kappa shape index (κ3) is 5.75. The van der Waals surface area contributed by atoms with Gasteiger partial charge in [0, 0.05) is 25.8 Å². The minimum atomic E-state index is -2.98. The van der Waals surface area contributed by atoms with Gasteiger partial charge in [-0.05, 0) is 95.3 Å². The van der Waals surface area contributed by atoms with Crippen LogP contribution in [-0.2, 0) is 24.2 Å². The first-order chi connectivity index (χ1) is 17.6. The third-order valence-corrected chi connectivity index (χ3v) is 12.3. The van der Waals surface area contributed by atoms with E-state index in [0.29, 0.717) is 24.3 Å². The van der Waals surface area contributed by atoms with Crippen LogP contribution in [0.1, 0.15) is 104 Å². The number of ether oxygens (including phenoxy) is 1. The lowest BCUT2D eigenvalue weighted by atomic mass is 9.69. The van der Waals surface area contributed by atoms with E-state index in [9.17, 15) is 18.0 Å². The molecule has 3 aliphatic carbocycles. The number of nitrogens with zero attached hydrogens (tertiary/aromatic N) is 2. The minimum absolute atomic E-state index is 0.0139. The van der Waals surface area contributed by atoms with Crippen LogP contribution in [0, 0.1) is 17.8 Å². The Morgan fingerprint density at radius 2 is 1.46 bits per heavy atom. The Labute approximate surface area is 224 Å². The highest BCUT2D eigenvalue weighted by atomic mass is 32.2. The summed E-state index contributed by atoms with van der Waals surface area (Å²) in [6.45, 7) is 4.33. The highest BCUT2D eigenvalue weighted by molar-refractivity contribution is 7.91. The second kappa shape index (κ2) is 11.1. The smallest absolute Gasteiger partial charge is 0.252 e. The van der Waals surface area contributed by atoms with Gasteiger partial charge in [0.1, 0.15) is 15.9 Å². The molecule has 8 heteroatoms. The zero-order chi connectivity index (χ0) is 26.3. The molecule has 0 N–H and O–H groups in total. The molecule has 0 spiro atoms. The number of sulfone groups is 1. The van der Waals surface area contributed by atoms with E-state index in [-0.39, 0.29) is 47.4 Å². The normalized spacial score (nSPS) is 39.9. The minimum Gasteiger partial charge on any atom is -0.365 e. The Hall–Kier alpha value is -1.15. The first-order valence-electron chi connectivity index (χ1n) is 15.1. The van der Waals surface area contributed by atoms with Gasteiger partial charge in [-0.3, -0.25) is 9.59 Å². The number of hydrogen-bond acceptors (Lipinski definition) is 5. The average Bonchev–Trinajstić information content (AvgIpc) is 3.38. The molecule has 5 fully saturated rings. The zero-order valence-electron chi connectivity index (χ0n) is 23.1. The molecular weight excluding hydrogens is 488 g/mol. The van der Waals surface area contributed by atoms with Gasteiger partial charge in [0.05, 0.1) is 23.4 Å². The molecule has 0 radical (unpaired) electrons. The van der Waals surface area contributed by atoms with Crippen molar-refractivity contribution in [3.05, 3.63) is 0 Å². The van der Waals surface area contributed by atoms with Crippen molar-refractivity contribution in [2.24, 2.45) is 17.8 Å². The lowest BCUT2D eigenvalue weighted by Crippen LogP contribution is -2.68. The van der Waals surface area contributed by atoms with Crippen molar-refractivity contribution in [3.63, 3.8) is 0 Å². The molecule has 2 saturated heterocycles. The Kier molecular flexibility index (Phi) is 8.26. The Morgan fingerprint density at radius 3 is 2.11 bits per heavy atom. The molecule has 5 aliphatic rings. The van der Waals surface area contributed by atoms with Crippen molar-refractivity contribution in [1.82, 2.24) is 9.80 Å². The number of amides is 2. The molecule has 210 valence electrons. The van der Waals surface area contributed by atoms with Crippen LogP contribution < -0.4 is 0 Å². The second-order valence-electron chi connectivity index (χ2n) is 13.0. The van der Waals surface area contributed by atoms with E-state index < -0.39 is 9.84 Å². The van der Waals surface area contributed by atoms with Gasteiger partial charge in [0.15, 0.2) is 0 Å². The SMILES string of the molecule is CC(=O)N1C2CCC(C3CCC(S(C)(=O)=O)CC3)CC2N(C(=O)C2CCC(C3CCCCC3)O2)C[C@@H]1C. The summed E-state index contributed by atoms with van der Waals surface area (Å²) in [6, 6.07) is 0.126. The molecule has 2 aliphatic heterocycles. The summed E-state index contributed by atoms with van der Waals surface area (Å²) < 4.78 is 30.6. The van der Waals surface area contributed by atoms with E-state index in [0.717, 1.165) is 57.8 Å². The largest absolute Gasteiger partial charge is 0.365 e. The molecule has 6 atom stereocenters. The number of hydrogen-bond donors (Lipinski definition) is 0. The van der Waals surface area contributed by atoms with E-state index in [1.807, 2.05) is 4.90 Å². The van der Waals surface area contributed by atoms with Gasteiger partial charge in [-0.15, -0.1) is 0 Å². The first-order valence-corrected chi connectivity index (χ1v) is 17.0. The lowest BCUT2D eigenvalue weighted by molar-refractivity contribution is -0.162. The van der Waals surface area contributed by atoms with Gasteiger partial charge in [-0.1, -0.05) is 19.3 Å². The third-order valence-electron chi connectivity index (χ3n) is 10.7. The van der Waals surface area contributed by atoms with Crippen LogP contribution in [0.25, 0.3) is 0 Å². The fourth-order valence-corrected chi connectivity index (χ4v) is 9.88. The van der Waals surface area contributed by atoms with Gasteiger partial charge < -0.3 is 14.5 Å². The molecule has 2 heterocycles. The zero-order valence-corrected chi connectivity index (χ0v) is 24.0. The van der Waals surface area contributed by atoms with Crippen LogP contribution in [0.4, 0.5) is 0 Å². The van der Waals surface area contributed by atoms with Gasteiger partial charge in [-0.25, -0.2) is 8.42 Å². The lowest BCUT2D eigenvalue weighted by Gasteiger charge is -2.55. The fraction of sp³-hybridized carbons (Fsp3) is 0.931. The maximum absolute atomic E-state index is 14.0.